The first-order chi connectivity index (χ1) is 34.8. The second kappa shape index (κ2) is 20.3. The van der Waals surface area contributed by atoms with E-state index in [1.165, 1.54) is 62.3 Å². The number of piperidine rings is 2. The van der Waals surface area contributed by atoms with Crippen molar-refractivity contribution in [1.82, 2.24) is 29.7 Å². The van der Waals surface area contributed by atoms with Gasteiger partial charge in [-0.3, -0.25) is 29.3 Å². The van der Waals surface area contributed by atoms with Gasteiger partial charge in [0.15, 0.2) is 29.7 Å². The molecule has 382 valence electrons. The quantitative estimate of drug-likeness (QED) is 0.0852. The zero-order valence-electron chi connectivity index (χ0n) is 39.4. The summed E-state index contributed by atoms with van der Waals surface area (Å²) >= 11 is 0. The van der Waals surface area contributed by atoms with Gasteiger partial charge in [0.1, 0.15) is 30.1 Å². The van der Waals surface area contributed by atoms with Crippen LogP contribution in [0.1, 0.15) is 64.1 Å². The Morgan fingerprint density at radius 2 is 1.63 bits per heavy atom. The Hall–Kier alpha value is -7.89. The van der Waals surface area contributed by atoms with Crippen molar-refractivity contribution in [2.75, 3.05) is 37.4 Å². The van der Waals surface area contributed by atoms with Crippen LogP contribution in [0.5, 0.6) is 28.9 Å². The molecule has 9 rings (SSSR count). The number of benzene rings is 4. The molecule has 3 atom stereocenters. The molecule has 0 bridgehead atoms. The first-order valence-corrected chi connectivity index (χ1v) is 23.1. The lowest BCUT2D eigenvalue weighted by molar-refractivity contribution is -0.274. The van der Waals surface area contributed by atoms with Crippen molar-refractivity contribution in [3.8, 4) is 28.9 Å². The van der Waals surface area contributed by atoms with Crippen LogP contribution in [0.25, 0.3) is 21.8 Å². The number of hydrogen-bond acceptors (Lipinski definition) is 14. The number of aryl methyl sites for hydroxylation is 1. The standard InChI is InChI=1S/C50H48F4N8O11/c1-25-44(45(66)33-19-30(73-50(52,53)54)6-8-36(33)60(25)2)47(68)58-29-5-10-38(34(51)18-29)72-48-32-20-39(70-3)40(21-35(32)55-24-56-48)71-23-43(65)61-14-12-26(13-15-61)16-42(64)57-28-4-7-31-27(17-28)22-62(49(31)69)37-9-11-41(63)59-46(37)67/h4-8,10,17-21,24,26,37,41,46,59,63,67H,9,11-16,22-23H2,1-3H3,(H,57,64)(H,58,68). The molecule has 2 saturated heterocycles. The minimum absolute atomic E-state index is 0.0191. The highest BCUT2D eigenvalue weighted by molar-refractivity contribution is 6.07. The number of nitrogens with zero attached hydrogens (tertiary/aromatic N) is 5. The number of ether oxygens (including phenoxy) is 4. The molecule has 0 radical (unpaired) electrons. The van der Waals surface area contributed by atoms with E-state index >= 15 is 4.39 Å². The predicted molar refractivity (Wildman–Crippen MR) is 254 cm³/mol. The molecule has 2 aromatic heterocycles. The molecule has 6 aromatic rings. The molecule has 0 saturated carbocycles. The minimum Gasteiger partial charge on any atom is -0.493 e. The number of carbonyl (C=O) groups excluding carboxylic acids is 4. The number of anilines is 2. The second-order valence-electron chi connectivity index (χ2n) is 17.9. The fraction of sp³-hybridized carbons (Fsp3) is 0.340. The third-order valence-corrected chi connectivity index (χ3v) is 13.3. The number of hydrogen-bond donors (Lipinski definition) is 5. The Kier molecular flexibility index (Phi) is 13.9. The number of alkyl halides is 3. The molecule has 0 spiro atoms. The lowest BCUT2D eigenvalue weighted by Gasteiger charge is -2.37. The monoisotopic (exact) mass is 1010 g/mol. The number of fused-ring (bicyclic) bond motifs is 3. The molecular formula is C50H48F4N8O11. The van der Waals surface area contributed by atoms with E-state index in [9.17, 15) is 47.4 Å². The van der Waals surface area contributed by atoms with Crippen molar-refractivity contribution in [3.63, 3.8) is 0 Å². The van der Waals surface area contributed by atoms with Gasteiger partial charge in [0.25, 0.3) is 17.7 Å². The second-order valence-corrected chi connectivity index (χ2v) is 17.9. The number of nitrogens with one attached hydrogen (secondary N) is 3. The van der Waals surface area contributed by atoms with E-state index in [1.807, 2.05) is 0 Å². The van der Waals surface area contributed by atoms with Gasteiger partial charge in [-0.25, -0.2) is 14.4 Å². The van der Waals surface area contributed by atoms with Crippen LogP contribution in [0.4, 0.5) is 28.9 Å². The zero-order chi connectivity index (χ0) is 51.9. The summed E-state index contributed by atoms with van der Waals surface area (Å²) in [6.45, 7) is 2.23. The summed E-state index contributed by atoms with van der Waals surface area (Å²) < 4.78 is 77.1. The maximum Gasteiger partial charge on any atom is 0.573 e. The summed E-state index contributed by atoms with van der Waals surface area (Å²) in [6, 6.07) is 14.3. The number of methoxy groups -OCH3 is 1. The van der Waals surface area contributed by atoms with Crippen molar-refractivity contribution < 1.29 is 65.9 Å². The number of aromatic nitrogens is 3. The lowest BCUT2D eigenvalue weighted by Crippen LogP contribution is -2.56. The topological polar surface area (TPSA) is 236 Å². The average molecular weight is 1010 g/mol. The van der Waals surface area contributed by atoms with Gasteiger partial charge in [0.05, 0.1) is 35.0 Å². The number of carbonyl (C=O) groups is 4. The van der Waals surface area contributed by atoms with Crippen molar-refractivity contribution in [2.45, 2.75) is 70.4 Å². The number of likely N-dealkylation sites (tertiary alicyclic amines) is 1. The summed E-state index contributed by atoms with van der Waals surface area (Å²) in [5.74, 6) is -3.19. The van der Waals surface area contributed by atoms with Gasteiger partial charge in [-0.05, 0) is 98.7 Å². The van der Waals surface area contributed by atoms with Crippen LogP contribution in [0, 0.1) is 18.7 Å². The number of aliphatic hydroxyl groups excluding tert-OH is 2. The molecule has 5 heterocycles. The normalized spacial score (nSPS) is 18.2. The Labute approximate surface area is 412 Å². The average Bonchev–Trinajstić information content (AvgIpc) is 3.67. The third kappa shape index (κ3) is 10.7. The zero-order valence-corrected chi connectivity index (χ0v) is 39.4. The van der Waals surface area contributed by atoms with Gasteiger partial charge in [-0.1, -0.05) is 0 Å². The van der Waals surface area contributed by atoms with Crippen LogP contribution < -0.4 is 40.3 Å². The first-order valence-electron chi connectivity index (χ1n) is 23.1. The molecule has 0 aliphatic carbocycles. The van der Waals surface area contributed by atoms with E-state index in [2.05, 4.69) is 30.7 Å². The van der Waals surface area contributed by atoms with Crippen LogP contribution in [-0.2, 0) is 23.2 Å². The molecule has 3 aliphatic rings. The Bertz CT molecular complexity index is 3240. The minimum atomic E-state index is -5.01. The molecule has 2 fully saturated rings. The number of rotatable bonds is 13. The first kappa shape index (κ1) is 50.1. The number of pyridine rings is 1. The maximum absolute atomic E-state index is 15.6. The molecular weight excluding hydrogens is 965 g/mol. The van der Waals surface area contributed by atoms with Gasteiger partial charge < -0.3 is 54.2 Å². The highest BCUT2D eigenvalue weighted by atomic mass is 19.4. The van der Waals surface area contributed by atoms with Crippen molar-refractivity contribution in [2.24, 2.45) is 13.0 Å². The van der Waals surface area contributed by atoms with E-state index in [0.29, 0.717) is 60.9 Å². The SMILES string of the molecule is COc1cc2c(Oc3ccc(NC(=O)c4c(C)n(C)c5ccc(OC(F)(F)F)cc5c4=O)cc3F)ncnc2cc1OCC(=O)N1CCC(CC(=O)Nc2ccc3c(c2)CN(C2CCC(O)NC2O)C3=O)CC1. The van der Waals surface area contributed by atoms with Gasteiger partial charge in [-0.2, -0.15) is 0 Å². The molecule has 19 nitrogen and oxygen atoms in total. The molecule has 5 N–H and O–H groups in total. The highest BCUT2D eigenvalue weighted by Crippen LogP contribution is 2.38. The molecule has 3 aliphatic heterocycles. The van der Waals surface area contributed by atoms with E-state index in [4.69, 9.17) is 14.2 Å². The summed E-state index contributed by atoms with van der Waals surface area (Å²) in [6.07, 6.45) is -3.48. The largest absolute Gasteiger partial charge is 0.573 e. The Balaban J connectivity index is 0.780. The maximum atomic E-state index is 15.6. The van der Waals surface area contributed by atoms with Crippen LogP contribution >= 0.6 is 0 Å². The van der Waals surface area contributed by atoms with Crippen molar-refractivity contribution >= 4 is 56.8 Å². The van der Waals surface area contributed by atoms with Crippen molar-refractivity contribution in [3.05, 3.63) is 111 Å². The fourth-order valence-electron chi connectivity index (χ4n) is 9.44. The van der Waals surface area contributed by atoms with Gasteiger partial charge in [0.2, 0.25) is 17.2 Å². The van der Waals surface area contributed by atoms with E-state index in [1.54, 1.807) is 28.0 Å². The number of amides is 4. The van der Waals surface area contributed by atoms with Crippen LogP contribution in [0.15, 0.2) is 77.9 Å². The predicted octanol–water partition coefficient (Wildman–Crippen LogP) is 5.87. The molecule has 3 unspecified atom stereocenters. The smallest absolute Gasteiger partial charge is 0.493 e. The highest BCUT2D eigenvalue weighted by Gasteiger charge is 2.39. The van der Waals surface area contributed by atoms with Crippen LogP contribution in [0.3, 0.4) is 0 Å². The van der Waals surface area contributed by atoms with Gasteiger partial charge in [0, 0.05) is 67.9 Å². The number of halogens is 4. The summed E-state index contributed by atoms with van der Waals surface area (Å²) in [5, 5.41) is 28.4. The lowest BCUT2D eigenvalue weighted by atomic mass is 9.93. The summed E-state index contributed by atoms with van der Waals surface area (Å²) in [5.41, 5.74) is 1.23. The van der Waals surface area contributed by atoms with Gasteiger partial charge in [-0.15, -0.1) is 13.2 Å². The molecule has 23 heteroatoms. The Morgan fingerprint density at radius 3 is 2.36 bits per heavy atom. The van der Waals surface area contributed by atoms with Gasteiger partial charge >= 0.3 is 6.36 Å². The van der Waals surface area contributed by atoms with Crippen molar-refractivity contribution in [1.29, 1.82) is 0 Å². The van der Waals surface area contributed by atoms with E-state index in [-0.39, 0.29) is 94.2 Å². The van der Waals surface area contributed by atoms with Crippen LogP contribution in [0.2, 0.25) is 0 Å². The fourth-order valence-corrected chi connectivity index (χ4v) is 9.44. The summed E-state index contributed by atoms with van der Waals surface area (Å²) in [7, 11) is 2.92. The molecule has 73 heavy (non-hydrogen) atoms. The Morgan fingerprint density at radius 1 is 0.877 bits per heavy atom. The van der Waals surface area contributed by atoms with E-state index < -0.39 is 47.8 Å². The molecule has 4 aromatic carbocycles. The number of aliphatic hydroxyl groups is 2. The third-order valence-electron chi connectivity index (χ3n) is 13.3. The molecule has 4 amide bonds. The van der Waals surface area contributed by atoms with Crippen LogP contribution in [-0.4, -0.2) is 110 Å². The summed E-state index contributed by atoms with van der Waals surface area (Å²) in [4.78, 5) is 78.1. The van der Waals surface area contributed by atoms with E-state index in [0.717, 1.165) is 23.8 Å².